The largest absolute Gasteiger partial charge is 0.391 e. The first-order valence-electron chi connectivity index (χ1n) is 6.59. The van der Waals surface area contributed by atoms with Crippen molar-refractivity contribution in [1.29, 1.82) is 0 Å². The van der Waals surface area contributed by atoms with E-state index < -0.39 is 23.8 Å². The summed E-state index contributed by atoms with van der Waals surface area (Å²) in [4.78, 5) is 0. The van der Waals surface area contributed by atoms with Crippen molar-refractivity contribution in [2.45, 2.75) is 44.2 Å². The normalized spacial score (nSPS) is 19.2. The first-order valence-corrected chi connectivity index (χ1v) is 7.38. The van der Waals surface area contributed by atoms with Gasteiger partial charge in [0, 0.05) is 10.0 Å². The lowest BCUT2D eigenvalue weighted by atomic mass is 9.81. The molecule has 20 heavy (non-hydrogen) atoms. The highest BCUT2D eigenvalue weighted by Crippen LogP contribution is 2.33. The third kappa shape index (κ3) is 3.91. The van der Waals surface area contributed by atoms with Crippen molar-refractivity contribution in [3.8, 4) is 0 Å². The van der Waals surface area contributed by atoms with Crippen LogP contribution in [-0.2, 0) is 0 Å². The van der Waals surface area contributed by atoms with E-state index >= 15 is 0 Å². The average Bonchev–Trinajstić information content (AvgIpc) is 2.37. The summed E-state index contributed by atoms with van der Waals surface area (Å²) in [6.07, 6.45) is 4.08. The van der Waals surface area contributed by atoms with Crippen molar-refractivity contribution in [2.24, 2.45) is 11.7 Å². The predicted molar refractivity (Wildman–Crippen MR) is 80.8 cm³/mol. The van der Waals surface area contributed by atoms with Gasteiger partial charge in [-0.3, -0.25) is 0 Å². The Morgan fingerprint density at radius 2 is 1.65 bits per heavy atom. The van der Waals surface area contributed by atoms with Crippen LogP contribution in [0.4, 0.5) is 8.78 Å². The topological polar surface area (TPSA) is 46.2 Å². The highest BCUT2D eigenvalue weighted by molar-refractivity contribution is 9.10. The fourth-order valence-corrected chi connectivity index (χ4v) is 3.21. The molecular formula is C14H19BrClF2NO. The third-order valence-electron chi connectivity index (χ3n) is 3.88. The number of benzene rings is 1. The Bertz CT molecular complexity index is 432. The number of nitrogens with two attached hydrogens (primary N) is 1. The van der Waals surface area contributed by atoms with Crippen LogP contribution in [0.15, 0.2) is 16.6 Å². The smallest absolute Gasteiger partial charge is 0.132 e. The molecule has 2 atom stereocenters. The Labute approximate surface area is 132 Å². The summed E-state index contributed by atoms with van der Waals surface area (Å²) in [6.45, 7) is 0. The molecule has 0 radical (unpaired) electrons. The molecule has 1 aromatic rings. The van der Waals surface area contributed by atoms with Gasteiger partial charge in [-0.1, -0.05) is 35.2 Å². The summed E-state index contributed by atoms with van der Waals surface area (Å²) in [7, 11) is 0. The fourth-order valence-electron chi connectivity index (χ4n) is 2.81. The van der Waals surface area contributed by atoms with Gasteiger partial charge in [0.2, 0.25) is 0 Å². The highest BCUT2D eigenvalue weighted by Gasteiger charge is 2.31. The lowest BCUT2D eigenvalue weighted by Gasteiger charge is -2.30. The maximum atomic E-state index is 13.8. The standard InChI is InChI=1S/C14H18BrF2NO.ClH/c15-9-6-10(16)12(11(17)7-9)13(18)14(19)8-4-2-1-3-5-8;/h6-8,13-14,19H,1-5,18H2;1H/t13-,14+;/m1./s1. The molecule has 0 bridgehead atoms. The van der Waals surface area contributed by atoms with E-state index in [0.29, 0.717) is 4.47 Å². The number of halogens is 4. The molecule has 3 N–H and O–H groups in total. The van der Waals surface area contributed by atoms with E-state index in [1.165, 1.54) is 12.1 Å². The first-order chi connectivity index (χ1) is 9.00. The quantitative estimate of drug-likeness (QED) is 0.842. The molecule has 0 spiro atoms. The second-order valence-corrected chi connectivity index (χ2v) is 6.11. The zero-order valence-corrected chi connectivity index (χ0v) is 13.4. The SMILES string of the molecule is Cl.N[C@H](c1c(F)cc(Br)cc1F)[C@@H](O)C1CCCCC1. The second-order valence-electron chi connectivity index (χ2n) is 5.20. The van der Waals surface area contributed by atoms with Gasteiger partial charge >= 0.3 is 0 Å². The molecule has 2 rings (SSSR count). The third-order valence-corrected chi connectivity index (χ3v) is 4.34. The highest BCUT2D eigenvalue weighted by atomic mass is 79.9. The molecule has 0 unspecified atom stereocenters. The fraction of sp³-hybridized carbons (Fsp3) is 0.571. The Morgan fingerprint density at radius 3 is 2.15 bits per heavy atom. The molecule has 1 saturated carbocycles. The maximum absolute atomic E-state index is 13.8. The van der Waals surface area contributed by atoms with Gasteiger partial charge in [-0.05, 0) is 30.9 Å². The van der Waals surface area contributed by atoms with E-state index in [1.54, 1.807) is 0 Å². The molecule has 114 valence electrons. The van der Waals surface area contributed by atoms with Gasteiger partial charge in [-0.25, -0.2) is 8.78 Å². The number of hydrogen-bond donors (Lipinski definition) is 2. The van der Waals surface area contributed by atoms with Gasteiger partial charge in [0.05, 0.1) is 12.1 Å². The van der Waals surface area contributed by atoms with Gasteiger partial charge in [-0.15, -0.1) is 12.4 Å². The minimum Gasteiger partial charge on any atom is -0.391 e. The van der Waals surface area contributed by atoms with Crippen molar-refractivity contribution < 1.29 is 13.9 Å². The summed E-state index contributed by atoms with van der Waals surface area (Å²) in [5.74, 6) is -1.39. The van der Waals surface area contributed by atoms with Crippen molar-refractivity contribution in [3.63, 3.8) is 0 Å². The number of aliphatic hydroxyl groups excluding tert-OH is 1. The zero-order valence-electron chi connectivity index (χ0n) is 11.0. The molecule has 0 aromatic heterocycles. The summed E-state index contributed by atoms with van der Waals surface area (Å²) >= 11 is 3.03. The van der Waals surface area contributed by atoms with Crippen molar-refractivity contribution in [1.82, 2.24) is 0 Å². The molecule has 1 aromatic carbocycles. The summed E-state index contributed by atoms with van der Waals surface area (Å²) in [6, 6.07) is 1.33. The molecular weight excluding hydrogens is 352 g/mol. The van der Waals surface area contributed by atoms with Gasteiger partial charge in [0.1, 0.15) is 11.6 Å². The summed E-state index contributed by atoms with van der Waals surface area (Å²) in [5.41, 5.74) is 5.65. The predicted octanol–water partition coefficient (Wildman–Crippen LogP) is 4.09. The van der Waals surface area contributed by atoms with Crippen LogP contribution >= 0.6 is 28.3 Å². The lowest BCUT2D eigenvalue weighted by Crippen LogP contribution is -2.35. The molecule has 6 heteroatoms. The van der Waals surface area contributed by atoms with E-state index in [1.807, 2.05) is 0 Å². The van der Waals surface area contributed by atoms with E-state index in [4.69, 9.17) is 5.73 Å². The van der Waals surface area contributed by atoms with Crippen molar-refractivity contribution >= 4 is 28.3 Å². The van der Waals surface area contributed by atoms with Crippen molar-refractivity contribution in [2.75, 3.05) is 0 Å². The van der Waals surface area contributed by atoms with E-state index in [2.05, 4.69) is 15.9 Å². The van der Waals surface area contributed by atoms with Crippen molar-refractivity contribution in [3.05, 3.63) is 33.8 Å². The summed E-state index contributed by atoms with van der Waals surface area (Å²) in [5, 5.41) is 10.2. The number of hydrogen-bond acceptors (Lipinski definition) is 2. The average molecular weight is 371 g/mol. The monoisotopic (exact) mass is 369 g/mol. The molecule has 0 saturated heterocycles. The molecule has 2 nitrogen and oxygen atoms in total. The molecule has 1 fully saturated rings. The van der Waals surface area contributed by atoms with Crippen LogP contribution in [-0.4, -0.2) is 11.2 Å². The Morgan fingerprint density at radius 1 is 1.15 bits per heavy atom. The molecule has 1 aliphatic carbocycles. The molecule has 1 aliphatic rings. The van der Waals surface area contributed by atoms with Crippen LogP contribution < -0.4 is 5.73 Å². The van der Waals surface area contributed by atoms with Crippen LogP contribution in [0.5, 0.6) is 0 Å². The first kappa shape index (κ1) is 17.8. The van der Waals surface area contributed by atoms with Crippen LogP contribution in [0.25, 0.3) is 0 Å². The molecule has 0 aliphatic heterocycles. The number of aliphatic hydroxyl groups is 1. The molecule has 0 heterocycles. The minimum absolute atomic E-state index is 0. The number of rotatable bonds is 3. The van der Waals surface area contributed by atoms with Crippen LogP contribution in [0, 0.1) is 17.6 Å². The van der Waals surface area contributed by atoms with Gasteiger partial charge < -0.3 is 10.8 Å². The zero-order chi connectivity index (χ0) is 14.0. The van der Waals surface area contributed by atoms with E-state index in [0.717, 1.165) is 32.1 Å². The Balaban J connectivity index is 0.00000200. The van der Waals surface area contributed by atoms with Crippen LogP contribution in [0.1, 0.15) is 43.7 Å². The Kier molecular flexibility index (Phi) is 6.85. The maximum Gasteiger partial charge on any atom is 0.132 e. The van der Waals surface area contributed by atoms with Gasteiger partial charge in [0.15, 0.2) is 0 Å². The van der Waals surface area contributed by atoms with Crippen LogP contribution in [0.3, 0.4) is 0 Å². The van der Waals surface area contributed by atoms with E-state index in [-0.39, 0.29) is 23.9 Å². The summed E-state index contributed by atoms with van der Waals surface area (Å²) < 4.78 is 28.0. The lowest BCUT2D eigenvalue weighted by molar-refractivity contribution is 0.0596. The Hall–Kier alpha value is -0.230. The van der Waals surface area contributed by atoms with E-state index in [9.17, 15) is 13.9 Å². The minimum atomic E-state index is -1.02. The van der Waals surface area contributed by atoms with Gasteiger partial charge in [0.25, 0.3) is 0 Å². The van der Waals surface area contributed by atoms with Crippen LogP contribution in [0.2, 0.25) is 0 Å². The second kappa shape index (κ2) is 7.69. The molecule has 0 amide bonds. The van der Waals surface area contributed by atoms with Gasteiger partial charge in [-0.2, -0.15) is 0 Å².